The van der Waals surface area contributed by atoms with E-state index in [0.717, 1.165) is 11.3 Å². The lowest BCUT2D eigenvalue weighted by molar-refractivity contribution is -0.121. The molecule has 3 heterocycles. The molecule has 1 fully saturated rings. The number of ether oxygens (including phenoxy) is 1. The topological polar surface area (TPSA) is 118 Å². The molecule has 41 heavy (non-hydrogen) atoms. The van der Waals surface area contributed by atoms with E-state index in [2.05, 4.69) is 20.6 Å². The van der Waals surface area contributed by atoms with E-state index in [1.807, 2.05) is 29.2 Å². The van der Waals surface area contributed by atoms with Crippen molar-refractivity contribution >= 4 is 46.6 Å². The van der Waals surface area contributed by atoms with Gasteiger partial charge in [-0.15, -0.1) is 0 Å². The normalized spacial score (nSPS) is 15.0. The van der Waals surface area contributed by atoms with Crippen molar-refractivity contribution in [3.05, 3.63) is 89.1 Å². The van der Waals surface area contributed by atoms with E-state index in [0.29, 0.717) is 53.7 Å². The number of nitrogens with zero attached hydrogens (tertiary/aromatic N) is 6. The van der Waals surface area contributed by atoms with E-state index in [-0.39, 0.29) is 24.4 Å². The molecule has 3 amide bonds. The number of halogens is 2. The number of piperazine rings is 1. The summed E-state index contributed by atoms with van der Waals surface area (Å²) in [5, 5.41) is 6.60. The largest absolute Gasteiger partial charge is 0.497 e. The van der Waals surface area contributed by atoms with Crippen LogP contribution in [0, 0.1) is 0 Å². The predicted octanol–water partition coefficient (Wildman–Crippen LogP) is 4.41. The average Bonchev–Trinajstić information content (AvgIpc) is 3.54. The fourth-order valence-corrected chi connectivity index (χ4v) is 4.82. The minimum Gasteiger partial charge on any atom is -0.497 e. The van der Waals surface area contributed by atoms with Crippen molar-refractivity contribution in [3.63, 3.8) is 0 Å². The molecular formula is C28H28Cl2N8O3. The molecule has 2 aromatic carbocycles. The molecule has 0 bridgehead atoms. The van der Waals surface area contributed by atoms with E-state index in [1.165, 1.54) is 0 Å². The van der Waals surface area contributed by atoms with E-state index < -0.39 is 0 Å². The van der Waals surface area contributed by atoms with Crippen molar-refractivity contribution in [2.45, 2.75) is 19.0 Å². The highest BCUT2D eigenvalue weighted by atomic mass is 35.5. The summed E-state index contributed by atoms with van der Waals surface area (Å²) in [6.45, 7) is 1.55. The zero-order valence-electron chi connectivity index (χ0n) is 22.2. The highest BCUT2D eigenvalue weighted by molar-refractivity contribution is 6.42. The molecule has 2 N–H and O–H groups in total. The van der Waals surface area contributed by atoms with Crippen LogP contribution in [0.15, 0.2) is 73.4 Å². The Morgan fingerprint density at radius 1 is 1.05 bits per heavy atom. The minimum absolute atomic E-state index is 0.147. The third-order valence-corrected chi connectivity index (χ3v) is 7.41. The molecule has 1 unspecified atom stereocenters. The molecule has 0 aliphatic carbocycles. The smallest absolute Gasteiger partial charge is 0.321 e. The quantitative estimate of drug-likeness (QED) is 0.310. The van der Waals surface area contributed by atoms with Crippen LogP contribution < -0.4 is 20.3 Å². The van der Waals surface area contributed by atoms with Crippen molar-refractivity contribution in [2.24, 2.45) is 0 Å². The van der Waals surface area contributed by atoms with E-state index >= 15 is 0 Å². The van der Waals surface area contributed by atoms with Crippen LogP contribution >= 0.6 is 23.2 Å². The molecule has 2 aromatic heterocycles. The Bertz CT molecular complexity index is 1500. The van der Waals surface area contributed by atoms with Gasteiger partial charge in [0.15, 0.2) is 0 Å². The monoisotopic (exact) mass is 594 g/mol. The standard InChI is InChI=1S/C28H28Cl2N8O3/c1-41-22-5-2-19(3-6-22)16-33-26(39)15-21-17-36(28(40)34-20-4-7-23(29)24(30)14-20)12-13-38(21)25-8-9-32-27(35-25)37-11-10-31-18-37/h2-11,14,18,21H,12-13,15-17H2,1H3,(H,33,39)(H,34,40). The summed E-state index contributed by atoms with van der Waals surface area (Å²) >= 11 is 12.1. The van der Waals surface area contributed by atoms with Gasteiger partial charge in [0.1, 0.15) is 17.9 Å². The van der Waals surface area contributed by atoms with Crippen molar-refractivity contribution in [1.29, 1.82) is 0 Å². The molecule has 13 heteroatoms. The Hall–Kier alpha value is -4.35. The van der Waals surface area contributed by atoms with Crippen molar-refractivity contribution in [3.8, 4) is 11.7 Å². The van der Waals surface area contributed by atoms with Crippen LogP contribution in [0.2, 0.25) is 10.0 Å². The molecule has 1 atom stereocenters. The Morgan fingerprint density at radius 3 is 2.61 bits per heavy atom. The van der Waals surface area contributed by atoms with Gasteiger partial charge in [0.25, 0.3) is 0 Å². The second kappa shape index (κ2) is 12.9. The number of amides is 3. The van der Waals surface area contributed by atoms with Gasteiger partial charge in [-0.2, -0.15) is 4.98 Å². The number of aromatic nitrogens is 4. The molecule has 212 valence electrons. The summed E-state index contributed by atoms with van der Waals surface area (Å²) in [6, 6.07) is 13.6. The van der Waals surface area contributed by atoms with Crippen LogP contribution in [-0.4, -0.2) is 69.1 Å². The highest BCUT2D eigenvalue weighted by Crippen LogP contribution is 2.26. The Balaban J connectivity index is 1.31. The molecule has 4 aromatic rings. The molecule has 11 nitrogen and oxygen atoms in total. The van der Waals surface area contributed by atoms with Gasteiger partial charge in [-0.05, 0) is 42.0 Å². The fourth-order valence-electron chi connectivity index (χ4n) is 4.52. The Kier molecular flexibility index (Phi) is 8.85. The van der Waals surface area contributed by atoms with Crippen molar-refractivity contribution in [1.82, 2.24) is 29.7 Å². The molecular weight excluding hydrogens is 567 g/mol. The number of methoxy groups -OCH3 is 1. The molecule has 1 aliphatic rings. The van der Waals surface area contributed by atoms with Gasteiger partial charge in [-0.1, -0.05) is 35.3 Å². The molecule has 1 aliphatic heterocycles. The highest BCUT2D eigenvalue weighted by Gasteiger charge is 2.32. The maximum atomic E-state index is 13.2. The molecule has 5 rings (SSSR count). The van der Waals surface area contributed by atoms with Gasteiger partial charge >= 0.3 is 6.03 Å². The zero-order valence-corrected chi connectivity index (χ0v) is 23.7. The third kappa shape index (κ3) is 7.05. The van der Waals surface area contributed by atoms with Gasteiger partial charge in [-0.25, -0.2) is 14.8 Å². The van der Waals surface area contributed by atoms with E-state index in [4.69, 9.17) is 32.9 Å². The number of anilines is 2. The maximum absolute atomic E-state index is 13.2. The second-order valence-corrected chi connectivity index (χ2v) is 10.2. The SMILES string of the molecule is COc1ccc(CNC(=O)CC2CN(C(=O)Nc3ccc(Cl)c(Cl)c3)CCN2c2ccnc(-n3ccnc3)n2)cc1. The first-order chi connectivity index (χ1) is 19.9. The summed E-state index contributed by atoms with van der Waals surface area (Å²) in [5.41, 5.74) is 1.48. The summed E-state index contributed by atoms with van der Waals surface area (Å²) in [5.74, 6) is 1.72. The lowest BCUT2D eigenvalue weighted by Crippen LogP contribution is -2.57. The predicted molar refractivity (Wildman–Crippen MR) is 157 cm³/mol. The van der Waals surface area contributed by atoms with Gasteiger partial charge < -0.3 is 25.2 Å². The number of nitrogens with one attached hydrogen (secondary N) is 2. The van der Waals surface area contributed by atoms with Crippen LogP contribution in [0.5, 0.6) is 5.75 Å². The third-order valence-electron chi connectivity index (χ3n) is 6.67. The lowest BCUT2D eigenvalue weighted by Gasteiger charge is -2.41. The maximum Gasteiger partial charge on any atom is 0.321 e. The summed E-state index contributed by atoms with van der Waals surface area (Å²) in [6.07, 6.45) is 6.85. The van der Waals surface area contributed by atoms with Crippen LogP contribution in [0.4, 0.5) is 16.3 Å². The number of benzene rings is 2. The van der Waals surface area contributed by atoms with Crippen LogP contribution in [-0.2, 0) is 11.3 Å². The van der Waals surface area contributed by atoms with E-state index in [1.54, 1.807) is 65.8 Å². The minimum atomic E-state index is -0.343. The number of carbonyl (C=O) groups is 2. The molecule has 0 radical (unpaired) electrons. The molecule has 0 saturated carbocycles. The molecule has 1 saturated heterocycles. The van der Waals surface area contributed by atoms with Gasteiger partial charge in [0, 0.05) is 56.9 Å². The van der Waals surface area contributed by atoms with Gasteiger partial charge in [-0.3, -0.25) is 9.36 Å². The van der Waals surface area contributed by atoms with Crippen LogP contribution in [0.1, 0.15) is 12.0 Å². The number of rotatable bonds is 8. The zero-order chi connectivity index (χ0) is 28.8. The number of urea groups is 1. The van der Waals surface area contributed by atoms with Gasteiger partial charge in [0.2, 0.25) is 11.9 Å². The summed E-state index contributed by atoms with van der Waals surface area (Å²) in [7, 11) is 1.61. The second-order valence-electron chi connectivity index (χ2n) is 9.37. The summed E-state index contributed by atoms with van der Waals surface area (Å²) in [4.78, 5) is 43.1. The lowest BCUT2D eigenvalue weighted by atomic mass is 10.1. The number of hydrogen-bond donors (Lipinski definition) is 2. The van der Waals surface area contributed by atoms with Crippen LogP contribution in [0.3, 0.4) is 0 Å². The van der Waals surface area contributed by atoms with Crippen molar-refractivity contribution < 1.29 is 14.3 Å². The van der Waals surface area contributed by atoms with Crippen LogP contribution in [0.25, 0.3) is 5.95 Å². The fraction of sp³-hybridized carbons (Fsp3) is 0.250. The van der Waals surface area contributed by atoms with Crippen molar-refractivity contribution in [2.75, 3.05) is 37.0 Å². The molecule has 0 spiro atoms. The number of imidazole rings is 1. The Morgan fingerprint density at radius 2 is 1.88 bits per heavy atom. The summed E-state index contributed by atoms with van der Waals surface area (Å²) < 4.78 is 6.91. The number of carbonyl (C=O) groups excluding carboxylic acids is 2. The Labute approximate surface area is 247 Å². The first kappa shape index (κ1) is 28.2. The van der Waals surface area contributed by atoms with Gasteiger partial charge in [0.05, 0.1) is 23.2 Å². The average molecular weight is 595 g/mol. The first-order valence-electron chi connectivity index (χ1n) is 12.9. The number of hydrogen-bond acceptors (Lipinski definition) is 7. The van der Waals surface area contributed by atoms with E-state index in [9.17, 15) is 9.59 Å². The first-order valence-corrected chi connectivity index (χ1v) is 13.6.